The van der Waals surface area contributed by atoms with E-state index in [9.17, 15) is 14.4 Å². The first-order valence-electron chi connectivity index (χ1n) is 37.8. The van der Waals surface area contributed by atoms with Crippen molar-refractivity contribution in [3.63, 3.8) is 0 Å². The van der Waals surface area contributed by atoms with Crippen LogP contribution >= 0.6 is 0 Å². The van der Waals surface area contributed by atoms with E-state index in [4.69, 9.17) is 90.6 Å². The van der Waals surface area contributed by atoms with Crippen LogP contribution in [0, 0.1) is 24.1 Å². The van der Waals surface area contributed by atoms with Crippen molar-refractivity contribution >= 4 is 18.3 Å². The van der Waals surface area contributed by atoms with Crippen molar-refractivity contribution in [2.24, 2.45) is 0 Å². The van der Waals surface area contributed by atoms with Crippen LogP contribution in [-0.2, 0) is 100 Å². The minimum Gasteiger partial charge on any atom is -0.450 e. The molecule has 0 aliphatic carbocycles. The molecule has 0 aliphatic rings. The number of carbonyl (C=O) groups excluding carboxylic acids is 3. The maximum atomic E-state index is 11.1. The largest absolute Gasteiger partial charge is 0.450 e. The van der Waals surface area contributed by atoms with Crippen LogP contribution < -0.4 is 26.6 Å². The van der Waals surface area contributed by atoms with Gasteiger partial charge in [-0.3, -0.25) is 10.6 Å². The van der Waals surface area contributed by atoms with Gasteiger partial charge in [-0.15, -0.1) is 0 Å². The Kier molecular flexibility index (Phi) is 422. The molecular formula is C97H249N5O24. The van der Waals surface area contributed by atoms with Crippen molar-refractivity contribution in [3.8, 4) is 24.1 Å². The van der Waals surface area contributed by atoms with Gasteiger partial charge >= 0.3 is 18.3 Å². The maximum absolute atomic E-state index is 11.1. The van der Waals surface area contributed by atoms with E-state index in [1.807, 2.05) is 76.2 Å². The number of rotatable bonds is 64. The van der Waals surface area contributed by atoms with Crippen LogP contribution in [0.1, 0.15) is 398 Å². The highest BCUT2D eigenvalue weighted by molar-refractivity contribution is 5.68. The molecule has 0 aliphatic heterocycles. The van der Waals surface area contributed by atoms with E-state index in [-0.39, 0.29) is 205 Å². The number of unbranched alkanes of at least 4 members (excludes halogenated alkanes) is 8. The van der Waals surface area contributed by atoms with E-state index in [0.717, 1.165) is 124 Å². The molecule has 0 rings (SSSR count). The molecule has 0 bridgehead atoms. The van der Waals surface area contributed by atoms with Crippen molar-refractivity contribution in [1.82, 2.24) is 26.6 Å². The van der Waals surface area contributed by atoms with Gasteiger partial charge in [-0.25, -0.2) is 33.9 Å². The zero-order valence-corrected chi connectivity index (χ0v) is 67.2. The lowest BCUT2D eigenvalue weighted by Crippen LogP contribution is -2.35. The number of hydrogen-bond donors (Lipinski definition) is 5. The van der Waals surface area contributed by atoms with E-state index >= 15 is 0 Å². The molecule has 0 aromatic heterocycles. The molecule has 0 heterocycles. The summed E-state index contributed by atoms with van der Waals surface area (Å²) in [6.45, 7) is 52.0. The second kappa shape index (κ2) is 241. The summed E-state index contributed by atoms with van der Waals surface area (Å²) in [5, 5.41) is 13.1. The Bertz CT molecular complexity index is 1520. The predicted octanol–water partition coefficient (Wildman–Crippen LogP) is 28.2. The van der Waals surface area contributed by atoms with Crippen LogP contribution in [0.25, 0.3) is 0 Å². The Balaban J connectivity index is -0.0000000262. The molecule has 3 amide bonds. The molecule has 5 N–H and O–H groups in total. The summed E-state index contributed by atoms with van der Waals surface area (Å²) in [6, 6.07) is 0. The lowest BCUT2D eigenvalue weighted by molar-refractivity contribution is -0.303. The fourth-order valence-corrected chi connectivity index (χ4v) is 5.61. The maximum Gasteiger partial charge on any atom is 0.421 e. The number of alkyl carbamates (subject to hydrolysis) is 3. The molecule has 0 unspecified atom stereocenters. The summed E-state index contributed by atoms with van der Waals surface area (Å²) in [6.07, 6.45) is 22.0. The lowest BCUT2D eigenvalue weighted by Gasteiger charge is -2.08. The minimum atomic E-state index is -0.558. The third-order valence-electron chi connectivity index (χ3n) is 11.0. The molecule has 0 atom stereocenters. The summed E-state index contributed by atoms with van der Waals surface area (Å²) < 4.78 is 85.4. The molecule has 0 aromatic rings. The third-order valence-corrected chi connectivity index (χ3v) is 11.0. The number of ether oxygens (including phenoxy) is 17. The summed E-state index contributed by atoms with van der Waals surface area (Å²) in [7, 11) is 0. The van der Waals surface area contributed by atoms with Gasteiger partial charge in [0, 0.05) is 111 Å². The summed E-state index contributed by atoms with van der Waals surface area (Å²) in [5.41, 5.74) is 0. The van der Waals surface area contributed by atoms with Crippen LogP contribution in [0.5, 0.6) is 0 Å². The molecule has 0 saturated carbocycles. The monoisotopic (exact) mass is 1870 g/mol. The lowest BCUT2D eigenvalue weighted by atomic mass is 10.2. The summed E-state index contributed by atoms with van der Waals surface area (Å²) in [4.78, 5) is 51.9. The average Bonchev–Trinajstić information content (AvgIpc) is 1.06. The van der Waals surface area contributed by atoms with Crippen LogP contribution in [0.15, 0.2) is 0 Å². The van der Waals surface area contributed by atoms with Crippen LogP contribution in [-0.4, -0.2) is 237 Å². The Morgan fingerprint density at radius 3 is 0.881 bits per heavy atom. The fourth-order valence-electron chi connectivity index (χ4n) is 5.61. The molecule has 0 aromatic carbocycles. The van der Waals surface area contributed by atoms with Crippen molar-refractivity contribution < 1.29 is 114 Å². The topological polar surface area (TPSA) is 305 Å². The first-order chi connectivity index (χ1) is 50.0. The number of hydrogen-bond acceptors (Lipinski definition) is 26. The highest BCUT2D eigenvalue weighted by Crippen LogP contribution is 1.99. The highest BCUT2D eigenvalue weighted by atomic mass is 17.2. The molecular weight excluding hydrogens is 1620 g/mol. The molecule has 29 heteroatoms. The molecule has 0 radical (unpaired) electrons. The molecule has 0 saturated heterocycles. The van der Waals surface area contributed by atoms with E-state index in [1.54, 1.807) is 0 Å². The fraction of sp³-hybridized carbons (Fsp3) is 0.928. The van der Waals surface area contributed by atoms with Gasteiger partial charge in [-0.1, -0.05) is 279 Å². The standard InChI is InChI=1S/C11H24N2O5.C10H22N2O5.C10H13NO3.C10H22O2.C9H20O3.C9H20O2.C8H18O3.C6H14O.24CH4/c1-3-5-6-16-11(14)13-9-12-10-18-17-8-7-15-4-2;1-3-5-15-10(13)12-8-11-9-17-16-7-6-14-4-2;1-3-7-11-10(12)14-9-6-5-8-13-4-2;1-3-5-8-12-10-7-6-9-11-4-2;1-3-5-6-11-9-12-8-7-10-4-2;1-3-5-6-7-8-11-9-10-4-2;1-3-5-10-6-7-11-8-9-4-2;1-3-5-6-7-4-2;;;;;;;;;;;;;;;;;;;;;;;;/h12H,3-10H2,1-2H3,(H,13,14);11H,3-9H2,1-2H3,(H,12,13);3-4,7H2,1-2H3,(H,11,12);3-10H2,1-2H3;3-9H2,1-2H3;3-9H2,1-2H3;3-8H2,1-2H3;3-6H2,1-2H3;24*1H4. The van der Waals surface area contributed by atoms with Gasteiger partial charge in [0.25, 0.3) is 0 Å². The number of carbonyl (C=O) groups is 3. The van der Waals surface area contributed by atoms with Gasteiger partial charge in [0.05, 0.1) is 72.8 Å². The van der Waals surface area contributed by atoms with Gasteiger partial charge in [0.15, 0.2) is 0 Å². The second-order valence-corrected chi connectivity index (χ2v) is 20.2. The highest BCUT2D eigenvalue weighted by Gasteiger charge is 2.01. The zero-order valence-electron chi connectivity index (χ0n) is 67.2. The summed E-state index contributed by atoms with van der Waals surface area (Å²) in [5.74, 6) is 4.67. The van der Waals surface area contributed by atoms with Gasteiger partial charge in [-0.2, -0.15) is 0 Å². The van der Waals surface area contributed by atoms with Gasteiger partial charge in [-0.05, 0) is 120 Å². The van der Waals surface area contributed by atoms with E-state index in [1.165, 1.54) is 57.8 Å². The van der Waals surface area contributed by atoms with Crippen molar-refractivity contribution in [2.75, 3.05) is 219 Å². The molecule has 806 valence electrons. The van der Waals surface area contributed by atoms with Gasteiger partial charge in [0.1, 0.15) is 59.3 Å². The average molecular weight is 1870 g/mol. The molecule has 0 spiro atoms. The quantitative estimate of drug-likeness (QED) is 0.00943. The smallest absolute Gasteiger partial charge is 0.421 e. The van der Waals surface area contributed by atoms with E-state index in [0.29, 0.717) is 119 Å². The Morgan fingerprint density at radius 2 is 0.508 bits per heavy atom. The van der Waals surface area contributed by atoms with E-state index < -0.39 is 18.3 Å². The number of amides is 3. The van der Waals surface area contributed by atoms with Crippen molar-refractivity contribution in [2.45, 2.75) is 398 Å². The Labute approximate surface area is 796 Å². The molecule has 126 heavy (non-hydrogen) atoms. The van der Waals surface area contributed by atoms with Crippen molar-refractivity contribution in [1.29, 1.82) is 0 Å². The minimum absolute atomic E-state index is 0. The van der Waals surface area contributed by atoms with Crippen LogP contribution in [0.3, 0.4) is 0 Å². The second-order valence-electron chi connectivity index (χ2n) is 20.2. The zero-order chi connectivity index (χ0) is 77.3. The van der Waals surface area contributed by atoms with E-state index in [2.05, 4.69) is 94.7 Å². The first kappa shape index (κ1) is 221. The SMILES string of the molecule is C.C.C.C.C.C.C.C.C.C.C.C.C.C.C.C.C.C.C.C.C.C.C.C.CCCCCCOCOCC.CCCCOC(=O)NCNCOOCCOCC.CCCCOCC.CCCCOCCCCOCC.CCCCOCOCCOCC.CCCNC(=O)OC#CC#COCC.CCCOC(=O)NCNCOOCCOCC.CCCOCCOCOCC. The van der Waals surface area contributed by atoms with Crippen LogP contribution in [0.4, 0.5) is 14.4 Å². The van der Waals surface area contributed by atoms with Gasteiger partial charge < -0.3 is 96.5 Å². The Morgan fingerprint density at radius 1 is 0.222 bits per heavy atom. The third kappa shape index (κ3) is 287. The number of nitrogens with one attached hydrogen (secondary N) is 5. The Hall–Kier alpha value is -4.03. The molecule has 29 nitrogen and oxygen atoms in total. The van der Waals surface area contributed by atoms with Crippen molar-refractivity contribution in [3.05, 3.63) is 0 Å². The first-order valence-corrected chi connectivity index (χ1v) is 37.8. The normalized spacial score (nSPS) is 8.00. The summed E-state index contributed by atoms with van der Waals surface area (Å²) >= 11 is 0. The predicted molar refractivity (Wildman–Crippen MR) is 562 cm³/mol. The molecule has 0 fully saturated rings. The van der Waals surface area contributed by atoms with Crippen LogP contribution in [0.2, 0.25) is 0 Å². The van der Waals surface area contributed by atoms with Gasteiger partial charge in [0.2, 0.25) is 0 Å².